The van der Waals surface area contributed by atoms with Crippen molar-refractivity contribution in [2.45, 2.75) is 58.4 Å². The van der Waals surface area contributed by atoms with E-state index < -0.39 is 0 Å². The summed E-state index contributed by atoms with van der Waals surface area (Å²) in [5.41, 5.74) is 1.31. The summed E-state index contributed by atoms with van der Waals surface area (Å²) < 4.78 is 6.53. The van der Waals surface area contributed by atoms with Crippen LogP contribution < -0.4 is 10.1 Å². The number of benzene rings is 1. The second-order valence-electron chi connectivity index (χ2n) is 5.24. The standard InChI is InChI=1S/C17H28BrNO/c1-4-6-7-8-9-17(19-12-5-2)15-13-14(20-3)10-11-16(15)18/h10-11,13,17,19H,4-9,12H2,1-3H3. The molecule has 0 aliphatic heterocycles. The van der Waals surface area contributed by atoms with E-state index >= 15 is 0 Å². The highest BCUT2D eigenvalue weighted by Crippen LogP contribution is 2.30. The third kappa shape index (κ3) is 5.84. The van der Waals surface area contributed by atoms with Crippen LogP contribution >= 0.6 is 15.9 Å². The molecule has 1 aromatic carbocycles. The molecule has 0 aliphatic carbocycles. The summed E-state index contributed by atoms with van der Waals surface area (Å²) in [6, 6.07) is 6.65. The number of hydrogen-bond acceptors (Lipinski definition) is 2. The third-order valence-corrected chi connectivity index (χ3v) is 4.29. The zero-order valence-electron chi connectivity index (χ0n) is 13.0. The summed E-state index contributed by atoms with van der Waals surface area (Å²) in [6.45, 7) is 5.52. The van der Waals surface area contributed by atoms with E-state index in [1.54, 1.807) is 7.11 Å². The second kappa shape index (κ2) is 10.2. The zero-order valence-corrected chi connectivity index (χ0v) is 14.6. The molecule has 0 amide bonds. The SMILES string of the molecule is CCCCCCC(NCCC)c1cc(OC)ccc1Br. The van der Waals surface area contributed by atoms with Crippen LogP contribution in [0.5, 0.6) is 5.75 Å². The molecule has 1 unspecified atom stereocenters. The number of rotatable bonds is 10. The number of unbranched alkanes of at least 4 members (excludes halogenated alkanes) is 3. The van der Waals surface area contributed by atoms with Crippen LogP contribution in [0.1, 0.15) is 64.0 Å². The molecule has 0 saturated heterocycles. The summed E-state index contributed by atoms with van der Waals surface area (Å²) in [5, 5.41) is 3.67. The highest BCUT2D eigenvalue weighted by molar-refractivity contribution is 9.10. The predicted molar refractivity (Wildman–Crippen MR) is 90.5 cm³/mol. The first-order valence-corrected chi connectivity index (χ1v) is 8.59. The second-order valence-corrected chi connectivity index (χ2v) is 6.10. The Balaban J connectivity index is 2.74. The molecule has 20 heavy (non-hydrogen) atoms. The minimum atomic E-state index is 0.413. The van der Waals surface area contributed by atoms with Crippen LogP contribution in [0, 0.1) is 0 Å². The first-order valence-electron chi connectivity index (χ1n) is 7.79. The molecule has 0 fully saturated rings. The van der Waals surface area contributed by atoms with Gasteiger partial charge in [0, 0.05) is 10.5 Å². The molecule has 1 atom stereocenters. The molecule has 0 spiro atoms. The van der Waals surface area contributed by atoms with Crippen LogP contribution in [0.25, 0.3) is 0 Å². The van der Waals surface area contributed by atoms with Crippen LogP contribution in [0.15, 0.2) is 22.7 Å². The molecule has 2 nitrogen and oxygen atoms in total. The lowest BCUT2D eigenvalue weighted by Gasteiger charge is -2.21. The Morgan fingerprint density at radius 1 is 1.15 bits per heavy atom. The lowest BCUT2D eigenvalue weighted by molar-refractivity contribution is 0.411. The molecule has 0 aliphatic rings. The van der Waals surface area contributed by atoms with E-state index in [9.17, 15) is 0 Å². The van der Waals surface area contributed by atoms with E-state index in [0.717, 1.165) is 18.7 Å². The Labute approximate surface area is 132 Å². The van der Waals surface area contributed by atoms with Crippen molar-refractivity contribution in [2.24, 2.45) is 0 Å². The number of hydrogen-bond donors (Lipinski definition) is 1. The summed E-state index contributed by atoms with van der Waals surface area (Å²) in [5.74, 6) is 0.931. The van der Waals surface area contributed by atoms with Gasteiger partial charge in [-0.2, -0.15) is 0 Å². The van der Waals surface area contributed by atoms with E-state index in [-0.39, 0.29) is 0 Å². The Morgan fingerprint density at radius 3 is 2.60 bits per heavy atom. The van der Waals surface area contributed by atoms with Gasteiger partial charge in [0.25, 0.3) is 0 Å². The number of nitrogens with one attached hydrogen (secondary N) is 1. The van der Waals surface area contributed by atoms with Crippen molar-refractivity contribution in [3.05, 3.63) is 28.2 Å². The molecule has 114 valence electrons. The molecule has 3 heteroatoms. The quantitative estimate of drug-likeness (QED) is 0.569. The molecule has 0 radical (unpaired) electrons. The van der Waals surface area contributed by atoms with Crippen molar-refractivity contribution in [1.29, 1.82) is 0 Å². The normalized spacial score (nSPS) is 12.4. The molecule has 1 aromatic rings. The van der Waals surface area contributed by atoms with Gasteiger partial charge < -0.3 is 10.1 Å². The Morgan fingerprint density at radius 2 is 1.95 bits per heavy atom. The minimum Gasteiger partial charge on any atom is -0.497 e. The highest BCUT2D eigenvalue weighted by atomic mass is 79.9. The smallest absolute Gasteiger partial charge is 0.119 e. The lowest BCUT2D eigenvalue weighted by Crippen LogP contribution is -2.22. The molecule has 0 saturated carbocycles. The summed E-state index contributed by atoms with van der Waals surface area (Å²) in [7, 11) is 1.72. The summed E-state index contributed by atoms with van der Waals surface area (Å²) in [6.07, 6.45) is 7.57. The Bertz CT molecular complexity index is 381. The van der Waals surface area contributed by atoms with E-state index in [1.807, 2.05) is 6.07 Å². The monoisotopic (exact) mass is 341 g/mol. The summed E-state index contributed by atoms with van der Waals surface area (Å²) >= 11 is 3.68. The molecule has 0 bridgehead atoms. The fraction of sp³-hybridized carbons (Fsp3) is 0.647. The molecule has 1 rings (SSSR count). The van der Waals surface area contributed by atoms with Crippen LogP contribution in [0.3, 0.4) is 0 Å². The van der Waals surface area contributed by atoms with Crippen LogP contribution in [-0.2, 0) is 0 Å². The van der Waals surface area contributed by atoms with E-state index in [0.29, 0.717) is 6.04 Å². The van der Waals surface area contributed by atoms with Gasteiger partial charge in [0.15, 0.2) is 0 Å². The van der Waals surface area contributed by atoms with Crippen LogP contribution in [-0.4, -0.2) is 13.7 Å². The van der Waals surface area contributed by atoms with Crippen molar-refractivity contribution in [2.75, 3.05) is 13.7 Å². The van der Waals surface area contributed by atoms with Gasteiger partial charge in [0.1, 0.15) is 5.75 Å². The van der Waals surface area contributed by atoms with Gasteiger partial charge in [-0.3, -0.25) is 0 Å². The van der Waals surface area contributed by atoms with Gasteiger partial charge in [-0.15, -0.1) is 0 Å². The third-order valence-electron chi connectivity index (χ3n) is 3.57. The maximum atomic E-state index is 5.36. The fourth-order valence-electron chi connectivity index (χ4n) is 2.38. The molecule has 0 aromatic heterocycles. The molecular weight excluding hydrogens is 314 g/mol. The average Bonchev–Trinajstić information content (AvgIpc) is 2.47. The van der Waals surface area contributed by atoms with E-state index in [2.05, 4.69) is 47.2 Å². The molecule has 0 heterocycles. The molecular formula is C17H28BrNO. The lowest BCUT2D eigenvalue weighted by atomic mass is 9.99. The van der Waals surface area contributed by atoms with Gasteiger partial charge in [0.2, 0.25) is 0 Å². The van der Waals surface area contributed by atoms with Gasteiger partial charge in [0.05, 0.1) is 7.11 Å². The summed E-state index contributed by atoms with van der Waals surface area (Å²) in [4.78, 5) is 0. The fourth-order valence-corrected chi connectivity index (χ4v) is 2.90. The van der Waals surface area contributed by atoms with E-state index in [4.69, 9.17) is 4.74 Å². The number of methoxy groups -OCH3 is 1. The maximum absolute atomic E-state index is 5.36. The van der Waals surface area contributed by atoms with Crippen molar-refractivity contribution < 1.29 is 4.74 Å². The van der Waals surface area contributed by atoms with Gasteiger partial charge in [-0.05, 0) is 43.1 Å². The van der Waals surface area contributed by atoms with Gasteiger partial charge in [-0.25, -0.2) is 0 Å². The van der Waals surface area contributed by atoms with Crippen molar-refractivity contribution in [3.63, 3.8) is 0 Å². The minimum absolute atomic E-state index is 0.413. The largest absolute Gasteiger partial charge is 0.497 e. The maximum Gasteiger partial charge on any atom is 0.119 e. The zero-order chi connectivity index (χ0) is 14.8. The number of ether oxygens (including phenoxy) is 1. The van der Waals surface area contributed by atoms with Crippen molar-refractivity contribution in [1.82, 2.24) is 5.32 Å². The van der Waals surface area contributed by atoms with Crippen LogP contribution in [0.2, 0.25) is 0 Å². The van der Waals surface area contributed by atoms with Crippen LogP contribution in [0.4, 0.5) is 0 Å². The Hall–Kier alpha value is -0.540. The van der Waals surface area contributed by atoms with Crippen molar-refractivity contribution >= 4 is 15.9 Å². The Kier molecular flexibility index (Phi) is 8.95. The highest BCUT2D eigenvalue weighted by Gasteiger charge is 2.14. The van der Waals surface area contributed by atoms with Crippen molar-refractivity contribution in [3.8, 4) is 5.75 Å². The average molecular weight is 342 g/mol. The number of halogens is 1. The van der Waals surface area contributed by atoms with Gasteiger partial charge >= 0.3 is 0 Å². The van der Waals surface area contributed by atoms with E-state index in [1.165, 1.54) is 42.1 Å². The topological polar surface area (TPSA) is 21.3 Å². The predicted octanol–water partition coefficient (Wildman–Crippen LogP) is 5.47. The first-order chi connectivity index (χ1) is 9.72. The molecule has 1 N–H and O–H groups in total. The van der Waals surface area contributed by atoms with Gasteiger partial charge in [-0.1, -0.05) is 55.5 Å². The first kappa shape index (κ1) is 17.5.